The van der Waals surface area contributed by atoms with Gasteiger partial charge in [-0.25, -0.2) is 4.79 Å². The third-order valence-electron chi connectivity index (χ3n) is 2.77. The van der Waals surface area contributed by atoms with Crippen molar-refractivity contribution in [3.63, 3.8) is 0 Å². The molecule has 104 valence electrons. The molecule has 1 aromatic heterocycles. The number of aromatic nitrogens is 3. The predicted octanol–water partition coefficient (Wildman–Crippen LogP) is 0.337. The molecule has 1 aromatic carbocycles. The summed E-state index contributed by atoms with van der Waals surface area (Å²) in [6.45, 7) is 1.94. The molecule has 7 heteroatoms. The van der Waals surface area contributed by atoms with E-state index in [1.165, 1.54) is 7.05 Å². The third-order valence-corrected chi connectivity index (χ3v) is 2.77. The molecular formula is C13H15N5O2. The van der Waals surface area contributed by atoms with E-state index in [9.17, 15) is 9.59 Å². The molecule has 0 aliphatic heterocycles. The van der Waals surface area contributed by atoms with Crippen molar-refractivity contribution in [2.24, 2.45) is 0 Å². The highest BCUT2D eigenvalue weighted by molar-refractivity contribution is 5.96. The maximum absolute atomic E-state index is 12.0. The van der Waals surface area contributed by atoms with Gasteiger partial charge in [-0.2, -0.15) is 14.8 Å². The molecule has 0 bridgehead atoms. The van der Waals surface area contributed by atoms with Gasteiger partial charge in [-0.05, 0) is 19.1 Å². The van der Waals surface area contributed by atoms with Gasteiger partial charge in [-0.1, -0.05) is 17.7 Å². The fourth-order valence-corrected chi connectivity index (χ4v) is 1.69. The highest BCUT2D eigenvalue weighted by atomic mass is 16.2. The van der Waals surface area contributed by atoms with Gasteiger partial charge in [0.2, 0.25) is 0 Å². The molecular weight excluding hydrogens is 258 g/mol. The molecule has 2 aromatic rings. The minimum atomic E-state index is -0.550. The number of rotatable bonds is 3. The van der Waals surface area contributed by atoms with Crippen LogP contribution >= 0.6 is 0 Å². The van der Waals surface area contributed by atoms with Crippen LogP contribution in [0.3, 0.4) is 0 Å². The Bertz CT molecular complexity index is 691. The maximum Gasteiger partial charge on any atom is 0.370 e. The van der Waals surface area contributed by atoms with E-state index < -0.39 is 11.6 Å². The standard InChI is InChI=1S/C13H15N5O2/c1-8-4-6-9(7-5-8)18-13(20)16-11(14-2)10(17-18)12(19)15-3/h4-7H,1-3H3,(H,15,19)(H,14,16,20). The van der Waals surface area contributed by atoms with Gasteiger partial charge >= 0.3 is 5.69 Å². The van der Waals surface area contributed by atoms with Gasteiger partial charge < -0.3 is 10.6 Å². The van der Waals surface area contributed by atoms with Crippen LogP contribution in [0, 0.1) is 6.92 Å². The SMILES string of the molecule is CNC(=O)c1nn(-c2ccc(C)cc2)c(=O)nc1NC. The van der Waals surface area contributed by atoms with Crippen LogP contribution in [-0.2, 0) is 0 Å². The summed E-state index contributed by atoms with van der Waals surface area (Å²) < 4.78 is 1.10. The summed E-state index contributed by atoms with van der Waals surface area (Å²) in [5.74, 6) is -0.263. The van der Waals surface area contributed by atoms with Gasteiger partial charge in [0.25, 0.3) is 5.91 Å². The lowest BCUT2D eigenvalue weighted by atomic mass is 10.2. The van der Waals surface area contributed by atoms with Crippen LogP contribution in [0.5, 0.6) is 0 Å². The summed E-state index contributed by atoms with van der Waals surface area (Å²) in [5, 5.41) is 9.24. The number of aryl methyl sites for hydroxylation is 1. The number of anilines is 1. The van der Waals surface area contributed by atoms with E-state index in [2.05, 4.69) is 20.7 Å². The van der Waals surface area contributed by atoms with Crippen LogP contribution in [0.1, 0.15) is 16.1 Å². The van der Waals surface area contributed by atoms with Crippen molar-refractivity contribution in [1.29, 1.82) is 0 Å². The molecule has 1 heterocycles. The summed E-state index contributed by atoms with van der Waals surface area (Å²) in [7, 11) is 3.07. The van der Waals surface area contributed by atoms with Crippen molar-refractivity contribution in [3.05, 3.63) is 46.0 Å². The Hall–Kier alpha value is -2.70. The van der Waals surface area contributed by atoms with E-state index in [4.69, 9.17) is 0 Å². The van der Waals surface area contributed by atoms with E-state index in [1.54, 1.807) is 19.2 Å². The first-order chi connectivity index (χ1) is 9.56. The van der Waals surface area contributed by atoms with Crippen LogP contribution in [0.4, 0.5) is 5.82 Å². The first-order valence-corrected chi connectivity index (χ1v) is 6.05. The molecule has 1 amide bonds. The van der Waals surface area contributed by atoms with E-state index in [1.807, 2.05) is 19.1 Å². The zero-order valence-electron chi connectivity index (χ0n) is 11.5. The monoisotopic (exact) mass is 273 g/mol. The Morgan fingerprint density at radius 3 is 2.40 bits per heavy atom. The average molecular weight is 273 g/mol. The molecule has 7 nitrogen and oxygen atoms in total. The third kappa shape index (κ3) is 2.51. The number of nitrogens with zero attached hydrogens (tertiary/aromatic N) is 3. The summed E-state index contributed by atoms with van der Waals surface area (Å²) in [4.78, 5) is 27.6. The number of nitrogens with one attached hydrogen (secondary N) is 2. The normalized spacial score (nSPS) is 10.2. The van der Waals surface area contributed by atoms with Gasteiger partial charge in [-0.3, -0.25) is 4.79 Å². The van der Waals surface area contributed by atoms with Crippen molar-refractivity contribution in [2.45, 2.75) is 6.92 Å². The Morgan fingerprint density at radius 1 is 1.20 bits per heavy atom. The zero-order valence-corrected chi connectivity index (χ0v) is 11.5. The van der Waals surface area contributed by atoms with E-state index in [-0.39, 0.29) is 11.5 Å². The molecule has 2 rings (SSSR count). The first-order valence-electron chi connectivity index (χ1n) is 6.05. The molecule has 0 fully saturated rings. The molecule has 0 saturated heterocycles. The number of hydrogen-bond donors (Lipinski definition) is 2. The Kier molecular flexibility index (Phi) is 3.79. The molecule has 0 radical (unpaired) electrons. The van der Waals surface area contributed by atoms with Crippen LogP contribution in [0.15, 0.2) is 29.1 Å². The Labute approximate surface area is 115 Å². The molecule has 0 spiro atoms. The van der Waals surface area contributed by atoms with Crippen LogP contribution in [0.25, 0.3) is 5.69 Å². The largest absolute Gasteiger partial charge is 0.371 e. The molecule has 0 aliphatic carbocycles. The second-order valence-electron chi connectivity index (χ2n) is 4.17. The number of carbonyl (C=O) groups is 1. The molecule has 0 saturated carbocycles. The second-order valence-corrected chi connectivity index (χ2v) is 4.17. The van der Waals surface area contributed by atoms with Gasteiger partial charge in [0, 0.05) is 14.1 Å². The minimum absolute atomic E-state index is 0.0650. The smallest absolute Gasteiger partial charge is 0.370 e. The zero-order chi connectivity index (χ0) is 14.7. The van der Waals surface area contributed by atoms with Crippen LogP contribution in [0.2, 0.25) is 0 Å². The molecule has 0 unspecified atom stereocenters. The lowest BCUT2D eigenvalue weighted by Gasteiger charge is -2.09. The summed E-state index contributed by atoms with van der Waals surface area (Å²) in [6, 6.07) is 7.21. The Balaban J connectivity index is 2.62. The average Bonchev–Trinajstić information content (AvgIpc) is 2.47. The summed E-state index contributed by atoms with van der Waals surface area (Å²) in [6.07, 6.45) is 0. The van der Waals surface area contributed by atoms with E-state index in [0.717, 1.165) is 10.2 Å². The summed E-state index contributed by atoms with van der Waals surface area (Å²) >= 11 is 0. The fourth-order valence-electron chi connectivity index (χ4n) is 1.69. The van der Waals surface area contributed by atoms with Gasteiger partial charge in [-0.15, -0.1) is 0 Å². The van der Waals surface area contributed by atoms with Crippen molar-refractivity contribution < 1.29 is 4.79 Å². The molecule has 0 aliphatic rings. The van der Waals surface area contributed by atoms with Crippen LogP contribution in [-0.4, -0.2) is 34.8 Å². The topological polar surface area (TPSA) is 88.9 Å². The van der Waals surface area contributed by atoms with E-state index >= 15 is 0 Å². The predicted molar refractivity (Wildman–Crippen MR) is 75.3 cm³/mol. The highest BCUT2D eigenvalue weighted by Crippen LogP contribution is 2.09. The second kappa shape index (κ2) is 5.52. The minimum Gasteiger partial charge on any atom is -0.371 e. The summed E-state index contributed by atoms with van der Waals surface area (Å²) in [5.41, 5.74) is 1.13. The van der Waals surface area contributed by atoms with Gasteiger partial charge in [0.1, 0.15) is 0 Å². The molecule has 2 N–H and O–H groups in total. The molecule has 20 heavy (non-hydrogen) atoms. The fraction of sp³-hybridized carbons (Fsp3) is 0.231. The lowest BCUT2D eigenvalue weighted by molar-refractivity contribution is 0.0957. The highest BCUT2D eigenvalue weighted by Gasteiger charge is 2.16. The number of hydrogen-bond acceptors (Lipinski definition) is 5. The van der Waals surface area contributed by atoms with Crippen molar-refractivity contribution in [3.8, 4) is 5.69 Å². The van der Waals surface area contributed by atoms with Crippen molar-refractivity contribution in [1.82, 2.24) is 20.1 Å². The quantitative estimate of drug-likeness (QED) is 0.841. The van der Waals surface area contributed by atoms with E-state index in [0.29, 0.717) is 5.69 Å². The first kappa shape index (κ1) is 13.7. The number of benzene rings is 1. The van der Waals surface area contributed by atoms with Crippen molar-refractivity contribution >= 4 is 11.7 Å². The molecule has 0 atom stereocenters. The number of carbonyl (C=O) groups excluding carboxylic acids is 1. The number of amides is 1. The van der Waals surface area contributed by atoms with Crippen molar-refractivity contribution in [2.75, 3.05) is 19.4 Å². The lowest BCUT2D eigenvalue weighted by Crippen LogP contribution is -2.31. The maximum atomic E-state index is 12.0. The van der Waals surface area contributed by atoms with Crippen LogP contribution < -0.4 is 16.3 Å². The Morgan fingerprint density at radius 2 is 1.85 bits per heavy atom. The van der Waals surface area contributed by atoms with Gasteiger partial charge in [0.15, 0.2) is 11.5 Å². The van der Waals surface area contributed by atoms with Gasteiger partial charge in [0.05, 0.1) is 5.69 Å².